The first kappa shape index (κ1) is 18.9. The fraction of sp³-hybridized carbons (Fsp3) is 0.308. The van der Waals surface area contributed by atoms with E-state index >= 15 is 0 Å². The average Bonchev–Trinajstić information content (AvgIpc) is 3.18. The van der Waals surface area contributed by atoms with E-state index in [0.29, 0.717) is 11.9 Å². The second-order valence-corrected chi connectivity index (χ2v) is 9.41. The Balaban J connectivity index is 1.83. The van der Waals surface area contributed by atoms with Crippen LogP contribution in [-0.4, -0.2) is 0 Å². The molecule has 0 saturated carbocycles. The highest BCUT2D eigenvalue weighted by atomic mass is 16.7. The van der Waals surface area contributed by atoms with Gasteiger partial charge in [-0.3, -0.25) is 4.90 Å². The first-order chi connectivity index (χ1) is 14.1. The molecule has 0 bridgehead atoms. The molecule has 0 aliphatic carbocycles. The smallest absolute Gasteiger partial charge is 0.318 e. The van der Waals surface area contributed by atoms with Crippen molar-refractivity contribution in [1.29, 1.82) is 0 Å². The Bertz CT molecular complexity index is 1280. The number of rotatable bonds is 1. The summed E-state index contributed by atoms with van der Waals surface area (Å²) in [6, 6.07) is 12.8. The van der Waals surface area contributed by atoms with Crippen LogP contribution < -0.4 is 9.64 Å². The van der Waals surface area contributed by atoms with E-state index in [2.05, 4.69) is 70.7 Å². The summed E-state index contributed by atoms with van der Waals surface area (Å²) in [5, 5.41) is 1.04. The fourth-order valence-electron chi connectivity index (χ4n) is 4.34. The molecule has 0 saturated heterocycles. The van der Waals surface area contributed by atoms with Gasteiger partial charge in [0.25, 0.3) is 0 Å². The van der Waals surface area contributed by atoms with Crippen LogP contribution in [0.4, 0.5) is 17.1 Å². The van der Waals surface area contributed by atoms with Gasteiger partial charge < -0.3 is 13.6 Å². The van der Waals surface area contributed by atoms with Crippen molar-refractivity contribution >= 4 is 28.0 Å². The van der Waals surface area contributed by atoms with E-state index < -0.39 is 0 Å². The molecule has 154 valence electrons. The minimum Gasteiger partial charge on any atom is -0.429 e. The van der Waals surface area contributed by atoms with Crippen LogP contribution in [0.3, 0.4) is 0 Å². The number of aryl methyl sites for hydroxylation is 4. The van der Waals surface area contributed by atoms with Gasteiger partial charge in [-0.15, -0.1) is 0 Å². The number of anilines is 3. The molecule has 5 rings (SSSR count). The third-order valence-corrected chi connectivity index (χ3v) is 5.82. The van der Waals surface area contributed by atoms with Gasteiger partial charge in [0, 0.05) is 11.5 Å². The molecule has 0 N–H and O–H groups in total. The third-order valence-electron chi connectivity index (χ3n) is 5.82. The standard InChI is InChI=1S/C26H27NO3/c1-14-8-9-21-19(10-14)23-25(29-21)30-24-20(13-17(4)28-24)27(23)22-15(2)11-18(12-16(22)3)26(5,6)7/h8-13H,1-7H3. The lowest BCUT2D eigenvalue weighted by Gasteiger charge is -2.31. The number of benzene rings is 2. The van der Waals surface area contributed by atoms with Crippen LogP contribution in [0.2, 0.25) is 0 Å². The zero-order valence-corrected chi connectivity index (χ0v) is 18.6. The maximum atomic E-state index is 6.10. The highest BCUT2D eigenvalue weighted by Gasteiger charge is 2.36. The summed E-state index contributed by atoms with van der Waals surface area (Å²) in [6.07, 6.45) is 0. The van der Waals surface area contributed by atoms with E-state index in [0.717, 1.165) is 33.8 Å². The molecule has 2 aromatic heterocycles. The lowest BCUT2D eigenvalue weighted by molar-refractivity contribution is 0.280. The van der Waals surface area contributed by atoms with E-state index in [1.54, 1.807) is 0 Å². The van der Waals surface area contributed by atoms with E-state index in [-0.39, 0.29) is 5.41 Å². The zero-order chi connectivity index (χ0) is 21.4. The summed E-state index contributed by atoms with van der Waals surface area (Å²) in [4.78, 5) is 2.24. The Hall–Kier alpha value is -3.14. The molecular formula is C26H27NO3. The minimum atomic E-state index is 0.0844. The molecule has 0 amide bonds. The number of furan rings is 2. The Morgan fingerprint density at radius 1 is 0.767 bits per heavy atom. The molecule has 2 aromatic carbocycles. The third kappa shape index (κ3) is 2.74. The van der Waals surface area contributed by atoms with Crippen LogP contribution in [0.25, 0.3) is 11.0 Å². The van der Waals surface area contributed by atoms with Gasteiger partial charge in [0.1, 0.15) is 22.7 Å². The summed E-state index contributed by atoms with van der Waals surface area (Å²) < 4.78 is 18.0. The van der Waals surface area contributed by atoms with E-state index in [1.807, 2.05) is 19.1 Å². The molecule has 0 unspecified atom stereocenters. The molecule has 30 heavy (non-hydrogen) atoms. The fourth-order valence-corrected chi connectivity index (χ4v) is 4.34. The molecule has 0 fully saturated rings. The number of ether oxygens (including phenoxy) is 1. The van der Waals surface area contributed by atoms with Gasteiger partial charge in [-0.25, -0.2) is 0 Å². The predicted octanol–water partition coefficient (Wildman–Crippen LogP) is 8.13. The maximum absolute atomic E-state index is 6.10. The largest absolute Gasteiger partial charge is 0.429 e. The molecule has 0 spiro atoms. The zero-order valence-electron chi connectivity index (χ0n) is 18.6. The van der Waals surface area contributed by atoms with E-state index in [9.17, 15) is 0 Å². The van der Waals surface area contributed by atoms with Crippen molar-refractivity contribution in [2.75, 3.05) is 4.90 Å². The topological polar surface area (TPSA) is 38.8 Å². The van der Waals surface area contributed by atoms with Gasteiger partial charge in [0.15, 0.2) is 0 Å². The maximum Gasteiger partial charge on any atom is 0.318 e. The van der Waals surface area contributed by atoms with Gasteiger partial charge in [0.2, 0.25) is 0 Å². The first-order valence-corrected chi connectivity index (χ1v) is 10.4. The molecule has 1 aliphatic heterocycles. The normalized spacial score (nSPS) is 13.4. The van der Waals surface area contributed by atoms with Crippen LogP contribution in [-0.2, 0) is 5.41 Å². The van der Waals surface area contributed by atoms with Gasteiger partial charge in [-0.1, -0.05) is 44.5 Å². The van der Waals surface area contributed by atoms with E-state index in [4.69, 9.17) is 13.6 Å². The summed E-state index contributed by atoms with van der Waals surface area (Å²) in [5.41, 5.74) is 8.77. The van der Waals surface area contributed by atoms with Crippen LogP contribution in [0.15, 0.2) is 45.2 Å². The van der Waals surface area contributed by atoms with Crippen molar-refractivity contribution in [2.45, 2.75) is 53.9 Å². The van der Waals surface area contributed by atoms with Gasteiger partial charge in [0.05, 0.1) is 5.69 Å². The molecule has 0 atom stereocenters. The Morgan fingerprint density at radius 2 is 1.47 bits per heavy atom. The van der Waals surface area contributed by atoms with Crippen molar-refractivity contribution < 1.29 is 13.6 Å². The molecule has 4 heteroatoms. The second-order valence-electron chi connectivity index (χ2n) is 9.41. The SMILES string of the molecule is Cc1ccc2oc3c(c2c1)N(c1c(C)cc(C(C)(C)C)cc1C)c1cc(C)oc1O3. The number of hydrogen-bond donors (Lipinski definition) is 0. The summed E-state index contributed by atoms with van der Waals surface area (Å²) in [5.74, 6) is 1.74. The van der Waals surface area contributed by atoms with Crippen molar-refractivity contribution in [2.24, 2.45) is 0 Å². The van der Waals surface area contributed by atoms with Gasteiger partial charge in [-0.05, 0) is 61.9 Å². The summed E-state index contributed by atoms with van der Waals surface area (Å²) in [7, 11) is 0. The van der Waals surface area contributed by atoms with Gasteiger partial charge >= 0.3 is 11.9 Å². The first-order valence-electron chi connectivity index (χ1n) is 10.4. The number of fused-ring (bicyclic) bond motifs is 4. The molecule has 1 aliphatic rings. The van der Waals surface area contributed by atoms with Crippen molar-refractivity contribution in [3.63, 3.8) is 0 Å². The van der Waals surface area contributed by atoms with Crippen molar-refractivity contribution in [1.82, 2.24) is 0 Å². The summed E-state index contributed by atoms with van der Waals surface area (Å²) >= 11 is 0. The second kappa shape index (κ2) is 6.18. The van der Waals surface area contributed by atoms with Crippen LogP contribution in [0.5, 0.6) is 11.9 Å². The van der Waals surface area contributed by atoms with Gasteiger partial charge in [-0.2, -0.15) is 0 Å². The van der Waals surface area contributed by atoms with Crippen molar-refractivity contribution in [3.8, 4) is 11.9 Å². The highest BCUT2D eigenvalue weighted by molar-refractivity contribution is 6.02. The average molecular weight is 402 g/mol. The molecule has 0 radical (unpaired) electrons. The quantitative estimate of drug-likeness (QED) is 0.284. The number of nitrogens with zero attached hydrogens (tertiary/aromatic N) is 1. The Morgan fingerprint density at radius 3 is 2.13 bits per heavy atom. The Kier molecular flexibility index (Phi) is 3.88. The van der Waals surface area contributed by atoms with Crippen LogP contribution >= 0.6 is 0 Å². The van der Waals surface area contributed by atoms with Crippen LogP contribution in [0.1, 0.15) is 48.8 Å². The Labute approximate surface area is 177 Å². The number of hydrogen-bond acceptors (Lipinski definition) is 4. The lowest BCUT2D eigenvalue weighted by atomic mass is 9.84. The molecule has 3 heterocycles. The van der Waals surface area contributed by atoms with Crippen LogP contribution in [0, 0.1) is 27.7 Å². The molecular weight excluding hydrogens is 374 g/mol. The van der Waals surface area contributed by atoms with E-state index in [1.165, 1.54) is 22.3 Å². The highest BCUT2D eigenvalue weighted by Crippen LogP contribution is 2.56. The monoisotopic (exact) mass is 401 g/mol. The predicted molar refractivity (Wildman–Crippen MR) is 121 cm³/mol. The molecule has 4 nitrogen and oxygen atoms in total. The minimum absolute atomic E-state index is 0.0844. The lowest BCUT2D eigenvalue weighted by Crippen LogP contribution is -2.18. The summed E-state index contributed by atoms with van der Waals surface area (Å²) in [6.45, 7) is 15.1. The molecule has 4 aromatic rings. The van der Waals surface area contributed by atoms with Crippen molar-refractivity contribution in [3.05, 3.63) is 64.4 Å².